The van der Waals surface area contributed by atoms with E-state index < -0.39 is 30.7 Å². The van der Waals surface area contributed by atoms with E-state index in [1.165, 1.54) is 12.3 Å². The number of aryl methyl sites for hydroxylation is 1. The van der Waals surface area contributed by atoms with Gasteiger partial charge in [0.05, 0.1) is 0 Å². The van der Waals surface area contributed by atoms with Gasteiger partial charge < -0.3 is 5.73 Å². The fourth-order valence-corrected chi connectivity index (χ4v) is 1.82. The van der Waals surface area contributed by atoms with Crippen LogP contribution in [0, 0.1) is 5.92 Å². The molecule has 1 atom stereocenters. The number of aromatic nitrogens is 1. The van der Waals surface area contributed by atoms with Gasteiger partial charge in [-0.3, -0.25) is 4.98 Å². The van der Waals surface area contributed by atoms with Crippen LogP contribution in [-0.4, -0.2) is 23.4 Å². The minimum absolute atomic E-state index is 0.105. The quantitative estimate of drug-likeness (QED) is 0.867. The number of hydrogen-bond donors (Lipinski definition) is 1. The Morgan fingerprint density at radius 1 is 1.10 bits per heavy atom. The van der Waals surface area contributed by atoms with E-state index in [9.17, 15) is 26.3 Å². The summed E-state index contributed by atoms with van der Waals surface area (Å²) in [4.78, 5) is 3.82. The summed E-state index contributed by atoms with van der Waals surface area (Å²) in [6.45, 7) is 1.85. The van der Waals surface area contributed by atoms with Gasteiger partial charge in [-0.15, -0.1) is 0 Å². The van der Waals surface area contributed by atoms with Crippen LogP contribution < -0.4 is 5.73 Å². The first-order valence-electron chi connectivity index (χ1n) is 5.88. The molecule has 0 saturated heterocycles. The van der Waals surface area contributed by atoms with Gasteiger partial charge in [-0.1, -0.05) is 13.0 Å². The van der Waals surface area contributed by atoms with Crippen LogP contribution >= 0.6 is 0 Å². The van der Waals surface area contributed by atoms with E-state index in [4.69, 9.17) is 5.73 Å². The van der Waals surface area contributed by atoms with Gasteiger partial charge in [-0.2, -0.15) is 26.3 Å². The molecule has 114 valence electrons. The van der Waals surface area contributed by atoms with Gasteiger partial charge in [0, 0.05) is 24.4 Å². The van der Waals surface area contributed by atoms with Crippen molar-refractivity contribution in [3.8, 4) is 0 Å². The molecule has 0 aromatic carbocycles. The molecule has 0 spiro atoms. The zero-order chi connectivity index (χ0) is 15.6. The number of nitrogens with zero attached hydrogens (tertiary/aromatic N) is 1. The Hall–Kier alpha value is -1.31. The van der Waals surface area contributed by atoms with E-state index in [0.29, 0.717) is 6.42 Å². The molecule has 8 heteroatoms. The zero-order valence-corrected chi connectivity index (χ0v) is 10.6. The second-order valence-electron chi connectivity index (χ2n) is 4.44. The van der Waals surface area contributed by atoms with Crippen LogP contribution in [0.3, 0.4) is 0 Å². The third-order valence-electron chi connectivity index (χ3n) is 2.87. The third-order valence-corrected chi connectivity index (χ3v) is 2.87. The molecule has 0 saturated carbocycles. The van der Waals surface area contributed by atoms with Crippen molar-refractivity contribution in [1.29, 1.82) is 0 Å². The van der Waals surface area contributed by atoms with E-state index in [1.54, 1.807) is 6.07 Å². The molecule has 0 amide bonds. The first-order valence-corrected chi connectivity index (χ1v) is 5.88. The number of nitrogens with two attached hydrogens (primary N) is 1. The summed E-state index contributed by atoms with van der Waals surface area (Å²) in [7, 11) is 0. The highest BCUT2D eigenvalue weighted by atomic mass is 19.4. The monoisotopic (exact) mass is 300 g/mol. The molecule has 1 aromatic rings. The maximum Gasteiger partial charge on any atom is 0.402 e. The Balaban J connectivity index is 2.88. The van der Waals surface area contributed by atoms with Crippen molar-refractivity contribution in [1.82, 2.24) is 4.98 Å². The number of pyridine rings is 1. The molecule has 0 aliphatic rings. The average molecular weight is 300 g/mol. The van der Waals surface area contributed by atoms with E-state index in [0.717, 1.165) is 5.56 Å². The van der Waals surface area contributed by atoms with Crippen molar-refractivity contribution >= 4 is 0 Å². The van der Waals surface area contributed by atoms with Gasteiger partial charge in [0.15, 0.2) is 5.92 Å². The number of alkyl halides is 6. The van der Waals surface area contributed by atoms with E-state index in [2.05, 4.69) is 4.98 Å². The summed E-state index contributed by atoms with van der Waals surface area (Å²) in [5.41, 5.74) is 6.06. The first kappa shape index (κ1) is 16.7. The van der Waals surface area contributed by atoms with Crippen LogP contribution in [0.2, 0.25) is 0 Å². The molecule has 0 aliphatic heterocycles. The lowest BCUT2D eigenvalue weighted by atomic mass is 9.94. The molecular weight excluding hydrogens is 286 g/mol. The third kappa shape index (κ3) is 4.36. The Kier molecular flexibility index (Phi) is 5.01. The first-order chi connectivity index (χ1) is 9.05. The lowest BCUT2D eigenvalue weighted by Crippen LogP contribution is -2.49. The molecule has 0 aliphatic carbocycles. The molecule has 0 fully saturated rings. The number of hydrogen-bond acceptors (Lipinski definition) is 2. The highest BCUT2D eigenvalue weighted by Gasteiger charge is 2.59. The molecule has 1 heterocycles. The minimum atomic E-state index is -5.43. The molecular formula is C12H14F6N2. The Bertz CT molecular complexity index is 409. The van der Waals surface area contributed by atoms with Crippen LogP contribution in [0.4, 0.5) is 26.3 Å². The fraction of sp³-hybridized carbons (Fsp3) is 0.583. The highest BCUT2D eigenvalue weighted by Crippen LogP contribution is 2.41. The molecule has 0 bridgehead atoms. The predicted octanol–water partition coefficient (Wildman–Crippen LogP) is 3.25. The second-order valence-corrected chi connectivity index (χ2v) is 4.44. The van der Waals surface area contributed by atoms with Crippen molar-refractivity contribution in [2.75, 3.05) is 0 Å². The van der Waals surface area contributed by atoms with Crippen molar-refractivity contribution in [2.24, 2.45) is 11.7 Å². The number of rotatable bonds is 4. The van der Waals surface area contributed by atoms with Crippen LogP contribution in [0.5, 0.6) is 0 Å². The Labute approximate surface area is 112 Å². The normalized spacial score (nSPS) is 14.7. The largest absolute Gasteiger partial charge is 0.402 e. The number of halogens is 6. The maximum atomic E-state index is 12.5. The minimum Gasteiger partial charge on any atom is -0.326 e. The summed E-state index contributed by atoms with van der Waals surface area (Å²) in [6.07, 6.45) is -9.36. The van der Waals surface area contributed by atoms with Crippen molar-refractivity contribution in [3.63, 3.8) is 0 Å². The van der Waals surface area contributed by atoms with E-state index in [-0.39, 0.29) is 5.69 Å². The van der Waals surface area contributed by atoms with Crippen molar-refractivity contribution < 1.29 is 26.3 Å². The zero-order valence-electron chi connectivity index (χ0n) is 10.6. The smallest absolute Gasteiger partial charge is 0.326 e. The average Bonchev–Trinajstić information content (AvgIpc) is 2.25. The maximum absolute atomic E-state index is 12.5. The van der Waals surface area contributed by atoms with E-state index in [1.807, 2.05) is 6.92 Å². The molecule has 1 rings (SSSR count). The lowest BCUT2D eigenvalue weighted by Gasteiger charge is -2.28. The SMILES string of the molecule is CCc1ccc(CC(N)C(C(F)(F)F)C(F)(F)F)nc1. The van der Waals surface area contributed by atoms with Crippen LogP contribution in [0.25, 0.3) is 0 Å². The summed E-state index contributed by atoms with van der Waals surface area (Å²) in [6, 6.07) is 0.878. The topological polar surface area (TPSA) is 38.9 Å². The fourth-order valence-electron chi connectivity index (χ4n) is 1.82. The van der Waals surface area contributed by atoms with Gasteiger partial charge in [-0.05, 0) is 18.1 Å². The standard InChI is InChI=1S/C12H14F6N2/c1-2-7-3-4-8(20-6-7)5-9(19)10(11(13,14)15)12(16,17)18/h3-4,6,9-10H,2,5,19H2,1H3. The van der Waals surface area contributed by atoms with Crippen molar-refractivity contribution in [3.05, 3.63) is 29.6 Å². The highest BCUT2D eigenvalue weighted by molar-refractivity contribution is 5.15. The lowest BCUT2D eigenvalue weighted by molar-refractivity contribution is -0.289. The van der Waals surface area contributed by atoms with Gasteiger partial charge >= 0.3 is 12.4 Å². The Morgan fingerprint density at radius 3 is 2.00 bits per heavy atom. The van der Waals surface area contributed by atoms with Gasteiger partial charge in [0.25, 0.3) is 0 Å². The summed E-state index contributed by atoms with van der Waals surface area (Å²) in [5.74, 6) is -3.55. The predicted molar refractivity (Wildman–Crippen MR) is 60.9 cm³/mol. The van der Waals surface area contributed by atoms with Gasteiger partial charge in [0.1, 0.15) is 0 Å². The van der Waals surface area contributed by atoms with Crippen molar-refractivity contribution in [2.45, 2.75) is 38.2 Å². The van der Waals surface area contributed by atoms with E-state index >= 15 is 0 Å². The van der Waals surface area contributed by atoms with Crippen LogP contribution in [0.15, 0.2) is 18.3 Å². The van der Waals surface area contributed by atoms with Crippen LogP contribution in [-0.2, 0) is 12.8 Å². The molecule has 1 unspecified atom stereocenters. The Morgan fingerprint density at radius 2 is 1.65 bits per heavy atom. The van der Waals surface area contributed by atoms with Crippen LogP contribution in [0.1, 0.15) is 18.2 Å². The molecule has 0 radical (unpaired) electrons. The summed E-state index contributed by atoms with van der Waals surface area (Å²) < 4.78 is 74.8. The molecule has 20 heavy (non-hydrogen) atoms. The molecule has 2 N–H and O–H groups in total. The second kappa shape index (κ2) is 5.99. The van der Waals surface area contributed by atoms with Gasteiger partial charge in [0.2, 0.25) is 0 Å². The summed E-state index contributed by atoms with van der Waals surface area (Å²) >= 11 is 0. The summed E-state index contributed by atoms with van der Waals surface area (Å²) in [5, 5.41) is 0. The molecule has 2 nitrogen and oxygen atoms in total. The molecule has 1 aromatic heterocycles. The van der Waals surface area contributed by atoms with Gasteiger partial charge in [-0.25, -0.2) is 0 Å².